The van der Waals surface area contributed by atoms with Crippen LogP contribution in [0.1, 0.15) is 19.8 Å². The second-order valence-electron chi connectivity index (χ2n) is 3.08. The van der Waals surface area contributed by atoms with Crippen molar-refractivity contribution in [1.29, 1.82) is 0 Å². The summed E-state index contributed by atoms with van der Waals surface area (Å²) in [6.45, 7) is 1.68. The maximum absolute atomic E-state index is 10.8. The van der Waals surface area contributed by atoms with Crippen molar-refractivity contribution in [2.45, 2.75) is 31.1 Å². The monoisotopic (exact) mass is 224 g/mol. The summed E-state index contributed by atoms with van der Waals surface area (Å²) in [5.41, 5.74) is 0. The summed E-state index contributed by atoms with van der Waals surface area (Å²) in [4.78, 5) is 10.5. The highest BCUT2D eigenvalue weighted by molar-refractivity contribution is 7.86. The summed E-state index contributed by atoms with van der Waals surface area (Å²) in [5.74, 6) is 0. The highest BCUT2D eigenvalue weighted by Crippen LogP contribution is 2.17. The van der Waals surface area contributed by atoms with E-state index in [1.165, 1.54) is 0 Å². The summed E-state index contributed by atoms with van der Waals surface area (Å²) < 4.78 is 39.5. The molecule has 0 aliphatic carbocycles. The smallest absolute Gasteiger partial charge is 0.430 e. The molecule has 7 heteroatoms. The number of hydrogen-bond acceptors (Lipinski definition) is 5. The molecule has 0 saturated carbocycles. The van der Waals surface area contributed by atoms with Crippen molar-refractivity contribution < 1.29 is 27.2 Å². The largest absolute Gasteiger partial charge is 0.508 e. The normalized spacial score (nSPS) is 24.1. The molecule has 0 aromatic heterocycles. The molecule has 0 amide bonds. The summed E-state index contributed by atoms with van der Waals surface area (Å²) in [6.07, 6.45) is -1.02. The molecule has 1 heterocycles. The second kappa shape index (κ2) is 4.14. The van der Waals surface area contributed by atoms with Crippen LogP contribution in [0, 0.1) is 0 Å². The number of carbonyl (C=O) groups excluding carboxylic acids is 1. The molecule has 2 unspecified atom stereocenters. The minimum absolute atomic E-state index is 0.0465. The Morgan fingerprint density at radius 2 is 2.29 bits per heavy atom. The van der Waals surface area contributed by atoms with E-state index in [9.17, 15) is 13.2 Å². The molecular weight excluding hydrogens is 212 g/mol. The average molecular weight is 224 g/mol. The molecule has 1 aliphatic rings. The van der Waals surface area contributed by atoms with Crippen LogP contribution in [0.25, 0.3) is 0 Å². The molecule has 1 rings (SSSR count). The molecule has 6 nitrogen and oxygen atoms in total. The third-order valence-corrected chi connectivity index (χ3v) is 3.42. The van der Waals surface area contributed by atoms with Crippen LogP contribution >= 0.6 is 0 Å². The van der Waals surface area contributed by atoms with E-state index in [1.54, 1.807) is 6.92 Å². The van der Waals surface area contributed by atoms with Gasteiger partial charge in [0.25, 0.3) is 10.1 Å². The summed E-state index contributed by atoms with van der Waals surface area (Å²) in [6, 6.07) is 0. The van der Waals surface area contributed by atoms with Gasteiger partial charge in [0.1, 0.15) is 12.7 Å². The zero-order chi connectivity index (χ0) is 10.8. The molecule has 0 spiro atoms. The Kier molecular flexibility index (Phi) is 3.33. The van der Waals surface area contributed by atoms with Crippen LogP contribution in [0.3, 0.4) is 0 Å². The van der Waals surface area contributed by atoms with E-state index < -0.39 is 27.6 Å². The van der Waals surface area contributed by atoms with Crippen LogP contribution < -0.4 is 0 Å². The first kappa shape index (κ1) is 11.3. The van der Waals surface area contributed by atoms with Gasteiger partial charge in [-0.3, -0.25) is 4.55 Å². The molecule has 1 aliphatic heterocycles. The van der Waals surface area contributed by atoms with Crippen LogP contribution in [0.5, 0.6) is 0 Å². The van der Waals surface area contributed by atoms with Crippen molar-refractivity contribution in [3.8, 4) is 0 Å². The van der Waals surface area contributed by atoms with Gasteiger partial charge in [0.05, 0.1) is 5.25 Å². The lowest BCUT2D eigenvalue weighted by atomic mass is 10.2. The molecule has 14 heavy (non-hydrogen) atoms. The Morgan fingerprint density at radius 1 is 1.64 bits per heavy atom. The van der Waals surface area contributed by atoms with Gasteiger partial charge >= 0.3 is 6.16 Å². The molecular formula is C7H12O6S. The van der Waals surface area contributed by atoms with Crippen molar-refractivity contribution >= 4 is 16.3 Å². The fraction of sp³-hybridized carbons (Fsp3) is 0.857. The van der Waals surface area contributed by atoms with Crippen molar-refractivity contribution in [3.63, 3.8) is 0 Å². The summed E-state index contributed by atoms with van der Waals surface area (Å²) in [5, 5.41) is -0.901. The van der Waals surface area contributed by atoms with Crippen LogP contribution in [0.4, 0.5) is 4.79 Å². The van der Waals surface area contributed by atoms with E-state index in [-0.39, 0.29) is 19.4 Å². The summed E-state index contributed by atoms with van der Waals surface area (Å²) in [7, 11) is -4.07. The molecule has 0 radical (unpaired) electrons. The van der Waals surface area contributed by atoms with Crippen LogP contribution in [-0.4, -0.2) is 37.1 Å². The van der Waals surface area contributed by atoms with Crippen molar-refractivity contribution in [1.82, 2.24) is 0 Å². The molecule has 1 N–H and O–H groups in total. The molecule has 82 valence electrons. The van der Waals surface area contributed by atoms with E-state index in [1.807, 2.05) is 0 Å². The minimum atomic E-state index is -4.07. The van der Waals surface area contributed by atoms with Crippen molar-refractivity contribution in [2.75, 3.05) is 6.61 Å². The molecule has 1 saturated heterocycles. The molecule has 0 aromatic carbocycles. The predicted octanol–water partition coefficient (Wildman–Crippen LogP) is 0.578. The third kappa shape index (κ3) is 2.85. The maximum atomic E-state index is 10.8. The van der Waals surface area contributed by atoms with Gasteiger partial charge in [-0.15, -0.1) is 0 Å². The van der Waals surface area contributed by atoms with Crippen LogP contribution in [0.15, 0.2) is 0 Å². The highest BCUT2D eigenvalue weighted by atomic mass is 32.2. The van der Waals surface area contributed by atoms with Gasteiger partial charge < -0.3 is 9.47 Å². The van der Waals surface area contributed by atoms with Crippen molar-refractivity contribution in [3.05, 3.63) is 0 Å². The lowest BCUT2D eigenvalue weighted by Crippen LogP contribution is -2.26. The Morgan fingerprint density at radius 3 is 2.64 bits per heavy atom. The Bertz CT molecular complexity index is 308. The molecule has 1 fully saturated rings. The van der Waals surface area contributed by atoms with E-state index in [0.29, 0.717) is 0 Å². The van der Waals surface area contributed by atoms with Crippen LogP contribution in [0.2, 0.25) is 0 Å². The van der Waals surface area contributed by atoms with Gasteiger partial charge in [-0.2, -0.15) is 8.42 Å². The fourth-order valence-corrected chi connectivity index (χ4v) is 2.15. The lowest BCUT2D eigenvalue weighted by Gasteiger charge is -2.13. The Hall–Kier alpha value is -0.820. The van der Waals surface area contributed by atoms with E-state index in [0.717, 1.165) is 0 Å². The minimum Gasteiger partial charge on any atom is -0.430 e. The van der Waals surface area contributed by atoms with Crippen LogP contribution in [-0.2, 0) is 19.6 Å². The molecule has 0 aromatic rings. The zero-order valence-corrected chi connectivity index (χ0v) is 8.49. The number of rotatable bonds is 4. The first-order valence-corrected chi connectivity index (χ1v) is 5.73. The van der Waals surface area contributed by atoms with Gasteiger partial charge in [0, 0.05) is 6.42 Å². The third-order valence-electron chi connectivity index (χ3n) is 2.05. The number of hydrogen-bond donors (Lipinski definition) is 1. The van der Waals surface area contributed by atoms with Crippen molar-refractivity contribution in [2.24, 2.45) is 0 Å². The van der Waals surface area contributed by atoms with Gasteiger partial charge in [-0.25, -0.2) is 4.79 Å². The summed E-state index contributed by atoms with van der Waals surface area (Å²) >= 11 is 0. The zero-order valence-electron chi connectivity index (χ0n) is 7.67. The molecule has 0 bridgehead atoms. The first-order valence-electron chi connectivity index (χ1n) is 4.23. The maximum Gasteiger partial charge on any atom is 0.508 e. The van der Waals surface area contributed by atoms with Gasteiger partial charge in [-0.05, 0) is 6.42 Å². The quantitative estimate of drug-likeness (QED) is 0.555. The second-order valence-corrected chi connectivity index (χ2v) is 4.78. The molecule has 2 atom stereocenters. The highest BCUT2D eigenvalue weighted by Gasteiger charge is 2.31. The SMILES string of the molecule is CCC(CC1COC(=O)O1)S(=O)(=O)O. The first-order chi connectivity index (χ1) is 6.43. The van der Waals surface area contributed by atoms with Gasteiger partial charge in [0.2, 0.25) is 0 Å². The number of ether oxygens (including phenoxy) is 2. The Balaban J connectivity index is 2.54. The van der Waals surface area contributed by atoms with E-state index in [4.69, 9.17) is 4.55 Å². The average Bonchev–Trinajstić information content (AvgIpc) is 2.45. The standard InChI is InChI=1S/C7H12O6S/c1-2-6(14(9,10)11)3-5-4-12-7(8)13-5/h5-6H,2-4H2,1H3,(H,9,10,11). The van der Waals surface area contributed by atoms with E-state index >= 15 is 0 Å². The topological polar surface area (TPSA) is 89.9 Å². The van der Waals surface area contributed by atoms with Gasteiger partial charge in [-0.1, -0.05) is 6.92 Å². The van der Waals surface area contributed by atoms with E-state index in [2.05, 4.69) is 9.47 Å². The lowest BCUT2D eigenvalue weighted by molar-refractivity contribution is 0.115. The number of cyclic esters (lactones) is 2. The Labute approximate surface area is 81.9 Å². The number of carbonyl (C=O) groups is 1. The predicted molar refractivity (Wildman–Crippen MR) is 46.5 cm³/mol. The van der Waals surface area contributed by atoms with Gasteiger partial charge in [0.15, 0.2) is 0 Å². The fourth-order valence-electron chi connectivity index (χ4n) is 1.27.